The molecule has 0 saturated heterocycles. The standard InChI is InChI=1S/C13H8F2INO3/c14-13(15)11-7-9(17(18)19)3-6-12(11)20-10-4-1-8(16)2-5-10/h1-7,13H. The molecule has 2 aromatic rings. The monoisotopic (exact) mass is 391 g/mol. The van der Waals surface area contributed by atoms with E-state index >= 15 is 0 Å². The molecule has 0 aliphatic carbocycles. The molecular formula is C13H8F2INO3. The summed E-state index contributed by atoms with van der Waals surface area (Å²) in [5.41, 5.74) is -0.895. The first kappa shape index (κ1) is 14.6. The van der Waals surface area contributed by atoms with Crippen molar-refractivity contribution in [3.63, 3.8) is 0 Å². The number of non-ortho nitro benzene ring substituents is 1. The normalized spacial score (nSPS) is 10.6. The van der Waals surface area contributed by atoms with Crippen LogP contribution in [0.1, 0.15) is 12.0 Å². The van der Waals surface area contributed by atoms with Crippen LogP contribution in [-0.2, 0) is 0 Å². The van der Waals surface area contributed by atoms with Gasteiger partial charge in [-0.05, 0) is 52.9 Å². The molecule has 0 amide bonds. The number of nitro benzene ring substituents is 1. The van der Waals surface area contributed by atoms with Crippen molar-refractivity contribution in [2.45, 2.75) is 6.43 Å². The molecule has 0 aromatic heterocycles. The van der Waals surface area contributed by atoms with Crippen LogP contribution >= 0.6 is 22.6 Å². The quantitative estimate of drug-likeness (QED) is 0.422. The molecule has 4 nitrogen and oxygen atoms in total. The summed E-state index contributed by atoms with van der Waals surface area (Å²) in [4.78, 5) is 9.88. The zero-order valence-electron chi connectivity index (χ0n) is 9.92. The van der Waals surface area contributed by atoms with E-state index in [4.69, 9.17) is 4.74 Å². The first-order valence-corrected chi connectivity index (χ1v) is 6.55. The van der Waals surface area contributed by atoms with E-state index in [0.29, 0.717) is 5.75 Å². The summed E-state index contributed by atoms with van der Waals surface area (Å²) in [6.07, 6.45) is -2.85. The molecule has 0 spiro atoms. The van der Waals surface area contributed by atoms with E-state index < -0.39 is 22.6 Å². The van der Waals surface area contributed by atoms with Crippen molar-refractivity contribution in [3.8, 4) is 11.5 Å². The minimum Gasteiger partial charge on any atom is -0.457 e. The highest BCUT2D eigenvalue weighted by atomic mass is 127. The number of rotatable bonds is 4. The van der Waals surface area contributed by atoms with Gasteiger partial charge in [-0.2, -0.15) is 0 Å². The van der Waals surface area contributed by atoms with E-state index in [2.05, 4.69) is 22.6 Å². The third-order valence-corrected chi connectivity index (χ3v) is 3.20. The van der Waals surface area contributed by atoms with E-state index in [9.17, 15) is 18.9 Å². The van der Waals surface area contributed by atoms with Crippen LogP contribution in [0.5, 0.6) is 11.5 Å². The molecule has 0 bridgehead atoms. The van der Waals surface area contributed by atoms with Crippen LogP contribution in [0.25, 0.3) is 0 Å². The van der Waals surface area contributed by atoms with Crippen LogP contribution in [0.4, 0.5) is 14.5 Å². The molecule has 2 aromatic carbocycles. The maximum absolute atomic E-state index is 12.9. The second-order valence-electron chi connectivity index (χ2n) is 3.84. The Hall–Kier alpha value is -1.77. The third-order valence-electron chi connectivity index (χ3n) is 2.48. The van der Waals surface area contributed by atoms with Crippen LogP contribution in [-0.4, -0.2) is 4.92 Å². The number of nitrogens with zero attached hydrogens (tertiary/aromatic N) is 1. The average Bonchev–Trinajstić information content (AvgIpc) is 2.41. The fourth-order valence-electron chi connectivity index (χ4n) is 1.54. The van der Waals surface area contributed by atoms with Crippen LogP contribution < -0.4 is 4.74 Å². The largest absolute Gasteiger partial charge is 0.457 e. The Morgan fingerprint density at radius 1 is 1.15 bits per heavy atom. The molecule has 0 unspecified atom stereocenters. The van der Waals surface area contributed by atoms with Crippen molar-refractivity contribution >= 4 is 28.3 Å². The summed E-state index contributed by atoms with van der Waals surface area (Å²) in [5, 5.41) is 10.6. The van der Waals surface area contributed by atoms with Crippen LogP contribution in [0.15, 0.2) is 42.5 Å². The summed E-state index contributed by atoms with van der Waals surface area (Å²) in [7, 11) is 0. The molecule has 7 heteroatoms. The molecule has 0 aliphatic heterocycles. The van der Waals surface area contributed by atoms with Crippen molar-refractivity contribution in [2.75, 3.05) is 0 Å². The second kappa shape index (κ2) is 6.12. The molecule has 0 heterocycles. The summed E-state index contributed by atoms with van der Waals surface area (Å²) in [5.74, 6) is 0.299. The Kier molecular flexibility index (Phi) is 4.48. The Bertz CT molecular complexity index is 632. The Morgan fingerprint density at radius 3 is 2.35 bits per heavy atom. The molecule has 0 atom stereocenters. The number of halogens is 3. The number of benzene rings is 2. The van der Waals surface area contributed by atoms with Crippen LogP contribution in [0, 0.1) is 13.7 Å². The van der Waals surface area contributed by atoms with Gasteiger partial charge in [-0.15, -0.1) is 0 Å². The lowest BCUT2D eigenvalue weighted by molar-refractivity contribution is -0.385. The maximum Gasteiger partial charge on any atom is 0.270 e. The summed E-state index contributed by atoms with van der Waals surface area (Å²) < 4.78 is 32.2. The zero-order chi connectivity index (χ0) is 14.7. The molecule has 0 saturated carbocycles. The van der Waals surface area contributed by atoms with Crippen LogP contribution in [0.2, 0.25) is 0 Å². The topological polar surface area (TPSA) is 52.4 Å². The molecular weight excluding hydrogens is 383 g/mol. The van der Waals surface area contributed by atoms with Gasteiger partial charge in [-0.3, -0.25) is 10.1 Å². The van der Waals surface area contributed by atoms with Gasteiger partial charge < -0.3 is 4.74 Å². The molecule has 0 aliphatic rings. The summed E-state index contributed by atoms with van der Waals surface area (Å²) in [6.45, 7) is 0. The van der Waals surface area contributed by atoms with E-state index in [-0.39, 0.29) is 5.75 Å². The van der Waals surface area contributed by atoms with Crippen molar-refractivity contribution in [1.82, 2.24) is 0 Å². The first-order chi connectivity index (χ1) is 9.47. The minimum absolute atomic E-state index is 0.0909. The van der Waals surface area contributed by atoms with Gasteiger partial charge in [-0.1, -0.05) is 0 Å². The van der Waals surface area contributed by atoms with Crippen LogP contribution in [0.3, 0.4) is 0 Å². The van der Waals surface area contributed by atoms with Crippen molar-refractivity contribution in [3.05, 3.63) is 61.7 Å². The number of nitro groups is 1. The highest BCUT2D eigenvalue weighted by Crippen LogP contribution is 2.35. The highest BCUT2D eigenvalue weighted by molar-refractivity contribution is 14.1. The molecule has 0 fully saturated rings. The second-order valence-corrected chi connectivity index (χ2v) is 5.08. The highest BCUT2D eigenvalue weighted by Gasteiger charge is 2.19. The molecule has 20 heavy (non-hydrogen) atoms. The molecule has 104 valence electrons. The fraction of sp³-hybridized carbons (Fsp3) is 0.0769. The predicted molar refractivity (Wildman–Crippen MR) is 77.3 cm³/mol. The van der Waals surface area contributed by atoms with E-state index in [1.807, 2.05) is 0 Å². The van der Waals surface area contributed by atoms with Crippen molar-refractivity contribution in [2.24, 2.45) is 0 Å². The van der Waals surface area contributed by atoms with Crippen molar-refractivity contribution < 1.29 is 18.4 Å². The number of ether oxygens (including phenoxy) is 1. The van der Waals surface area contributed by atoms with Gasteiger partial charge in [0.25, 0.3) is 12.1 Å². The van der Waals surface area contributed by atoms with Gasteiger partial charge in [0, 0.05) is 15.7 Å². The maximum atomic E-state index is 12.9. The van der Waals surface area contributed by atoms with Gasteiger partial charge in [0.05, 0.1) is 10.5 Å². The summed E-state index contributed by atoms with van der Waals surface area (Å²) >= 11 is 2.11. The third kappa shape index (κ3) is 3.41. The minimum atomic E-state index is -2.85. The smallest absolute Gasteiger partial charge is 0.270 e. The lowest BCUT2D eigenvalue weighted by atomic mass is 10.2. The number of alkyl halides is 2. The SMILES string of the molecule is O=[N+]([O-])c1ccc(Oc2ccc(I)cc2)c(C(F)F)c1. The van der Waals surface area contributed by atoms with E-state index in [1.165, 1.54) is 6.07 Å². The van der Waals surface area contributed by atoms with Gasteiger partial charge in [0.15, 0.2) is 0 Å². The average molecular weight is 391 g/mol. The number of hydrogen-bond acceptors (Lipinski definition) is 3. The van der Waals surface area contributed by atoms with Crippen molar-refractivity contribution in [1.29, 1.82) is 0 Å². The van der Waals surface area contributed by atoms with E-state index in [1.54, 1.807) is 24.3 Å². The number of hydrogen-bond donors (Lipinski definition) is 0. The Morgan fingerprint density at radius 2 is 1.80 bits per heavy atom. The zero-order valence-corrected chi connectivity index (χ0v) is 12.1. The Balaban J connectivity index is 2.35. The van der Waals surface area contributed by atoms with E-state index in [0.717, 1.165) is 15.7 Å². The first-order valence-electron chi connectivity index (χ1n) is 5.47. The molecule has 2 rings (SSSR count). The van der Waals surface area contributed by atoms with Gasteiger partial charge >= 0.3 is 0 Å². The lowest BCUT2D eigenvalue weighted by Crippen LogP contribution is -1.95. The fourth-order valence-corrected chi connectivity index (χ4v) is 1.90. The van der Waals surface area contributed by atoms with Gasteiger partial charge in [-0.25, -0.2) is 8.78 Å². The summed E-state index contributed by atoms with van der Waals surface area (Å²) in [6, 6.07) is 9.95. The van der Waals surface area contributed by atoms with Gasteiger partial charge in [0.2, 0.25) is 0 Å². The molecule has 0 N–H and O–H groups in total. The Labute approximate surface area is 126 Å². The predicted octanol–water partition coefficient (Wildman–Crippen LogP) is 4.93. The van der Waals surface area contributed by atoms with Gasteiger partial charge in [0.1, 0.15) is 11.5 Å². The lowest BCUT2D eigenvalue weighted by Gasteiger charge is -2.10. The molecule has 0 radical (unpaired) electrons.